The topological polar surface area (TPSA) is 113 Å². The smallest absolute Gasteiger partial charge is 0.414 e. The Kier molecular flexibility index (Phi) is 9.14. The summed E-state index contributed by atoms with van der Waals surface area (Å²) in [7, 11) is 1.70. The first-order valence-corrected chi connectivity index (χ1v) is 8.36. The van der Waals surface area contributed by atoms with Gasteiger partial charge in [-0.25, -0.2) is 9.59 Å². The fourth-order valence-electron chi connectivity index (χ4n) is 2.66. The quantitative estimate of drug-likeness (QED) is 0.596. The van der Waals surface area contributed by atoms with Gasteiger partial charge in [0.1, 0.15) is 5.75 Å². The molecule has 26 heavy (non-hydrogen) atoms. The zero-order valence-electron chi connectivity index (χ0n) is 15.0. The number of carboxylic acids is 2. The fourth-order valence-corrected chi connectivity index (χ4v) is 2.66. The summed E-state index contributed by atoms with van der Waals surface area (Å²) in [5.74, 6) is -2.68. The molecule has 0 spiro atoms. The molecule has 1 aliphatic heterocycles. The number of methoxy groups -OCH3 is 1. The van der Waals surface area contributed by atoms with E-state index in [1.54, 1.807) is 7.11 Å². The highest BCUT2D eigenvalue weighted by Crippen LogP contribution is 2.24. The minimum atomic E-state index is -1.82. The standard InChI is InChI=1S/C16H23NO3.C2H2O4/c1-3-20-16(18)13-8-10-17(11-9-13)12-14-6-4-5-7-15(14)19-2;3-1(4)2(5)6/h4-7,13H,3,8-12H2,1-2H3;(H,3,4)(H,5,6). The molecule has 8 nitrogen and oxygen atoms in total. The molecule has 1 aliphatic rings. The van der Waals surface area contributed by atoms with E-state index in [4.69, 9.17) is 29.3 Å². The Hall–Kier alpha value is -2.61. The molecule has 0 radical (unpaired) electrons. The average molecular weight is 367 g/mol. The molecule has 1 heterocycles. The zero-order valence-corrected chi connectivity index (χ0v) is 15.0. The van der Waals surface area contributed by atoms with E-state index in [2.05, 4.69) is 11.0 Å². The van der Waals surface area contributed by atoms with Crippen molar-refractivity contribution < 1.29 is 34.1 Å². The number of rotatable bonds is 5. The van der Waals surface area contributed by atoms with E-state index in [0.29, 0.717) is 6.61 Å². The van der Waals surface area contributed by atoms with Crippen LogP contribution in [0, 0.1) is 5.92 Å². The van der Waals surface area contributed by atoms with Crippen LogP contribution >= 0.6 is 0 Å². The van der Waals surface area contributed by atoms with Crippen LogP contribution in [-0.4, -0.2) is 59.8 Å². The van der Waals surface area contributed by atoms with Gasteiger partial charge >= 0.3 is 17.9 Å². The maximum absolute atomic E-state index is 11.7. The van der Waals surface area contributed by atoms with Gasteiger partial charge in [0.2, 0.25) is 0 Å². The third kappa shape index (κ3) is 7.10. The second-order valence-corrected chi connectivity index (χ2v) is 5.72. The highest BCUT2D eigenvalue weighted by atomic mass is 16.5. The number of para-hydroxylation sites is 1. The Morgan fingerprint density at radius 3 is 2.19 bits per heavy atom. The first-order chi connectivity index (χ1) is 12.4. The lowest BCUT2D eigenvalue weighted by atomic mass is 9.96. The molecule has 8 heteroatoms. The Morgan fingerprint density at radius 2 is 1.69 bits per heavy atom. The Labute approximate surface area is 152 Å². The lowest BCUT2D eigenvalue weighted by Gasteiger charge is -2.31. The summed E-state index contributed by atoms with van der Waals surface area (Å²) < 4.78 is 10.5. The van der Waals surface area contributed by atoms with Gasteiger partial charge in [0.15, 0.2) is 0 Å². The summed E-state index contributed by atoms with van der Waals surface area (Å²) >= 11 is 0. The molecule has 0 aliphatic carbocycles. The lowest BCUT2D eigenvalue weighted by Crippen LogP contribution is -2.36. The molecule has 0 aromatic heterocycles. The SMILES string of the molecule is CCOC(=O)C1CCN(Cc2ccccc2OC)CC1.O=C(O)C(=O)O. The van der Waals surface area contributed by atoms with Crippen molar-refractivity contribution in [3.05, 3.63) is 29.8 Å². The molecule has 0 saturated carbocycles. The fraction of sp³-hybridized carbons (Fsp3) is 0.500. The predicted molar refractivity (Wildman–Crippen MR) is 92.9 cm³/mol. The number of aliphatic carboxylic acids is 2. The molecule has 0 amide bonds. The van der Waals surface area contributed by atoms with Crippen LogP contribution in [0.1, 0.15) is 25.3 Å². The molecule has 1 fully saturated rings. The molecule has 2 rings (SSSR count). The first kappa shape index (κ1) is 21.4. The summed E-state index contributed by atoms with van der Waals surface area (Å²) in [6.07, 6.45) is 1.77. The monoisotopic (exact) mass is 367 g/mol. The van der Waals surface area contributed by atoms with Gasteiger partial charge in [0.05, 0.1) is 19.6 Å². The van der Waals surface area contributed by atoms with Crippen molar-refractivity contribution in [3.8, 4) is 5.75 Å². The number of benzene rings is 1. The minimum absolute atomic E-state index is 0.0376. The van der Waals surface area contributed by atoms with Crippen LogP contribution in [0.3, 0.4) is 0 Å². The number of carbonyl (C=O) groups excluding carboxylic acids is 1. The van der Waals surface area contributed by atoms with Crippen LogP contribution in [0.5, 0.6) is 5.75 Å². The number of hydrogen-bond acceptors (Lipinski definition) is 6. The zero-order chi connectivity index (χ0) is 19.5. The van der Waals surface area contributed by atoms with Crippen LogP contribution in [0.4, 0.5) is 0 Å². The molecule has 1 aromatic rings. The van der Waals surface area contributed by atoms with E-state index in [1.807, 2.05) is 25.1 Å². The van der Waals surface area contributed by atoms with Crippen molar-refractivity contribution in [1.82, 2.24) is 4.90 Å². The normalized spacial score (nSPS) is 14.7. The summed E-state index contributed by atoms with van der Waals surface area (Å²) in [6.45, 7) is 5.07. The van der Waals surface area contributed by atoms with Crippen molar-refractivity contribution in [2.45, 2.75) is 26.3 Å². The molecule has 1 aromatic carbocycles. The third-order valence-corrected chi connectivity index (χ3v) is 3.98. The second kappa shape index (κ2) is 11.1. The number of hydrogen-bond donors (Lipinski definition) is 2. The van der Waals surface area contributed by atoms with Gasteiger partial charge in [-0.1, -0.05) is 18.2 Å². The van der Waals surface area contributed by atoms with Crippen molar-refractivity contribution in [3.63, 3.8) is 0 Å². The molecular formula is C18H25NO7. The maximum atomic E-state index is 11.7. The molecule has 2 N–H and O–H groups in total. The number of carboxylic acid groups (broad SMARTS) is 2. The largest absolute Gasteiger partial charge is 0.496 e. The van der Waals surface area contributed by atoms with Crippen molar-refractivity contribution in [2.75, 3.05) is 26.8 Å². The number of nitrogens with zero attached hydrogens (tertiary/aromatic N) is 1. The summed E-state index contributed by atoms with van der Waals surface area (Å²) in [5, 5.41) is 14.8. The number of likely N-dealkylation sites (tertiary alicyclic amines) is 1. The molecular weight excluding hydrogens is 342 g/mol. The van der Waals surface area contributed by atoms with Crippen LogP contribution in [-0.2, 0) is 25.7 Å². The van der Waals surface area contributed by atoms with E-state index >= 15 is 0 Å². The third-order valence-electron chi connectivity index (χ3n) is 3.98. The first-order valence-electron chi connectivity index (χ1n) is 8.36. The number of esters is 1. The molecule has 0 atom stereocenters. The minimum Gasteiger partial charge on any atom is -0.496 e. The van der Waals surface area contributed by atoms with E-state index in [1.165, 1.54) is 5.56 Å². The van der Waals surface area contributed by atoms with Crippen LogP contribution in [0.2, 0.25) is 0 Å². The number of carbonyl (C=O) groups is 3. The van der Waals surface area contributed by atoms with Crippen molar-refractivity contribution in [2.24, 2.45) is 5.92 Å². The van der Waals surface area contributed by atoms with Gasteiger partial charge in [0, 0.05) is 12.1 Å². The van der Waals surface area contributed by atoms with Gasteiger partial charge in [-0.15, -0.1) is 0 Å². The number of ether oxygens (including phenoxy) is 2. The summed E-state index contributed by atoms with van der Waals surface area (Å²) in [4.78, 5) is 32.3. The molecule has 0 unspecified atom stereocenters. The second-order valence-electron chi connectivity index (χ2n) is 5.72. The molecule has 0 bridgehead atoms. The highest BCUT2D eigenvalue weighted by Gasteiger charge is 2.26. The number of piperidine rings is 1. The van der Waals surface area contributed by atoms with E-state index in [0.717, 1.165) is 38.2 Å². The van der Waals surface area contributed by atoms with Crippen LogP contribution < -0.4 is 4.74 Å². The van der Waals surface area contributed by atoms with Crippen molar-refractivity contribution >= 4 is 17.9 Å². The van der Waals surface area contributed by atoms with E-state index < -0.39 is 11.9 Å². The van der Waals surface area contributed by atoms with E-state index in [-0.39, 0.29) is 11.9 Å². The van der Waals surface area contributed by atoms with Gasteiger partial charge < -0.3 is 19.7 Å². The molecule has 1 saturated heterocycles. The highest BCUT2D eigenvalue weighted by molar-refractivity contribution is 6.27. The Bertz CT molecular complexity index is 597. The Balaban J connectivity index is 0.000000487. The van der Waals surface area contributed by atoms with Crippen molar-refractivity contribution in [1.29, 1.82) is 0 Å². The van der Waals surface area contributed by atoms with Crippen LogP contribution in [0.25, 0.3) is 0 Å². The van der Waals surface area contributed by atoms with Crippen LogP contribution in [0.15, 0.2) is 24.3 Å². The van der Waals surface area contributed by atoms with Gasteiger partial charge in [0.25, 0.3) is 0 Å². The maximum Gasteiger partial charge on any atom is 0.414 e. The lowest BCUT2D eigenvalue weighted by molar-refractivity contribution is -0.159. The van der Waals surface area contributed by atoms with Gasteiger partial charge in [-0.05, 0) is 38.9 Å². The predicted octanol–water partition coefficient (Wildman–Crippen LogP) is 1.63. The average Bonchev–Trinajstić information content (AvgIpc) is 2.63. The summed E-state index contributed by atoms with van der Waals surface area (Å²) in [5.41, 5.74) is 1.20. The summed E-state index contributed by atoms with van der Waals surface area (Å²) in [6, 6.07) is 8.09. The van der Waals surface area contributed by atoms with E-state index in [9.17, 15) is 4.79 Å². The Morgan fingerprint density at radius 1 is 1.12 bits per heavy atom. The van der Waals surface area contributed by atoms with Gasteiger partial charge in [-0.3, -0.25) is 9.69 Å². The van der Waals surface area contributed by atoms with Gasteiger partial charge in [-0.2, -0.15) is 0 Å². The molecule has 144 valence electrons.